The maximum atomic E-state index is 13.6. The maximum absolute atomic E-state index is 13.6. The van der Waals surface area contributed by atoms with E-state index in [0.29, 0.717) is 36.6 Å². The van der Waals surface area contributed by atoms with Crippen LogP contribution in [0.3, 0.4) is 0 Å². The Labute approximate surface area is 150 Å². The van der Waals surface area contributed by atoms with Gasteiger partial charge in [-0.15, -0.1) is 0 Å². The molecule has 1 N–H and O–H groups in total. The lowest BCUT2D eigenvalue weighted by Crippen LogP contribution is -2.35. The number of carbonyl (C=O) groups excluding carboxylic acids is 1. The van der Waals surface area contributed by atoms with Crippen LogP contribution in [0.4, 0.5) is 4.39 Å². The Kier molecular flexibility index (Phi) is 4.03. The van der Waals surface area contributed by atoms with Crippen molar-refractivity contribution in [2.24, 2.45) is 0 Å². The molecule has 2 aromatic carbocycles. The Balaban J connectivity index is 1.64. The van der Waals surface area contributed by atoms with Gasteiger partial charge in [-0.1, -0.05) is 0 Å². The molecular weight excluding hydrogens is 335 g/mol. The van der Waals surface area contributed by atoms with Crippen molar-refractivity contribution in [2.45, 2.75) is 13.0 Å². The second-order valence-corrected chi connectivity index (χ2v) is 6.35. The molecule has 26 heavy (non-hydrogen) atoms. The van der Waals surface area contributed by atoms with E-state index in [-0.39, 0.29) is 11.7 Å². The topological polar surface area (TPSA) is 54.6 Å². The van der Waals surface area contributed by atoms with E-state index >= 15 is 0 Å². The molecule has 0 aliphatic carbocycles. The first-order valence-electron chi connectivity index (χ1n) is 8.40. The van der Waals surface area contributed by atoms with Crippen molar-refractivity contribution in [3.8, 4) is 11.5 Å². The number of aromatic nitrogens is 1. The average Bonchev–Trinajstić information content (AvgIpc) is 3.03. The Morgan fingerprint density at radius 1 is 1.12 bits per heavy atom. The number of aromatic amines is 1. The number of ether oxygens (including phenoxy) is 2. The second kappa shape index (κ2) is 6.37. The summed E-state index contributed by atoms with van der Waals surface area (Å²) < 4.78 is 24.1. The highest BCUT2D eigenvalue weighted by atomic mass is 19.1. The fraction of sp³-hybridized carbons (Fsp3) is 0.250. The molecule has 0 bridgehead atoms. The fourth-order valence-corrected chi connectivity index (χ4v) is 3.50. The van der Waals surface area contributed by atoms with Crippen LogP contribution in [0.2, 0.25) is 0 Å². The molecule has 1 amide bonds. The summed E-state index contributed by atoms with van der Waals surface area (Å²) in [5, 5.41) is 0.898. The van der Waals surface area contributed by atoms with Crippen molar-refractivity contribution < 1.29 is 18.7 Å². The molecule has 0 unspecified atom stereocenters. The van der Waals surface area contributed by atoms with Gasteiger partial charge in [-0.3, -0.25) is 4.79 Å². The van der Waals surface area contributed by atoms with E-state index in [2.05, 4.69) is 4.98 Å². The number of H-pyrrole nitrogens is 1. The van der Waals surface area contributed by atoms with Gasteiger partial charge in [0, 0.05) is 34.8 Å². The minimum absolute atomic E-state index is 0.0855. The Morgan fingerprint density at radius 2 is 1.85 bits per heavy atom. The highest BCUT2D eigenvalue weighted by Crippen LogP contribution is 2.30. The van der Waals surface area contributed by atoms with Gasteiger partial charge < -0.3 is 19.4 Å². The zero-order chi connectivity index (χ0) is 18.3. The standard InChI is InChI=1S/C20H19FN2O3/c1-25-14-7-12(8-15(10-14)26-2)20(24)23-6-5-16-17-9-13(21)3-4-18(17)22-19(16)11-23/h3-4,7-10,22H,5-6,11H2,1-2H3. The van der Waals surface area contributed by atoms with Gasteiger partial charge in [-0.05, 0) is 42.3 Å². The Morgan fingerprint density at radius 3 is 2.54 bits per heavy atom. The summed E-state index contributed by atoms with van der Waals surface area (Å²) in [6.07, 6.45) is 0.686. The highest BCUT2D eigenvalue weighted by Gasteiger charge is 2.25. The number of hydrogen-bond acceptors (Lipinski definition) is 3. The number of nitrogens with zero attached hydrogens (tertiary/aromatic N) is 1. The predicted molar refractivity (Wildman–Crippen MR) is 96.2 cm³/mol. The minimum atomic E-state index is -0.249. The molecule has 0 fully saturated rings. The lowest BCUT2D eigenvalue weighted by atomic mass is 10.0. The summed E-state index contributed by atoms with van der Waals surface area (Å²) in [7, 11) is 3.11. The van der Waals surface area contributed by atoms with Crippen molar-refractivity contribution >= 4 is 16.8 Å². The van der Waals surface area contributed by atoms with Crippen molar-refractivity contribution in [1.29, 1.82) is 0 Å². The van der Waals surface area contributed by atoms with Crippen LogP contribution >= 0.6 is 0 Å². The van der Waals surface area contributed by atoms with E-state index in [1.165, 1.54) is 6.07 Å². The number of carbonyl (C=O) groups is 1. The number of rotatable bonds is 3. The van der Waals surface area contributed by atoms with E-state index in [4.69, 9.17) is 9.47 Å². The molecule has 134 valence electrons. The zero-order valence-corrected chi connectivity index (χ0v) is 14.6. The van der Waals surface area contributed by atoms with Gasteiger partial charge in [0.05, 0.1) is 20.8 Å². The zero-order valence-electron chi connectivity index (χ0n) is 14.6. The molecule has 0 radical (unpaired) electrons. The molecular formula is C20H19FN2O3. The third-order valence-electron chi connectivity index (χ3n) is 4.82. The van der Waals surface area contributed by atoms with E-state index in [9.17, 15) is 9.18 Å². The van der Waals surface area contributed by atoms with Crippen LogP contribution in [0.25, 0.3) is 10.9 Å². The molecule has 0 spiro atoms. The third-order valence-corrected chi connectivity index (χ3v) is 4.82. The number of nitrogens with one attached hydrogen (secondary N) is 1. The van der Waals surface area contributed by atoms with Gasteiger partial charge >= 0.3 is 0 Å². The quantitative estimate of drug-likeness (QED) is 0.783. The molecule has 2 heterocycles. The molecule has 6 heteroatoms. The van der Waals surface area contributed by atoms with Gasteiger partial charge in [-0.25, -0.2) is 4.39 Å². The van der Waals surface area contributed by atoms with Gasteiger partial charge in [0.2, 0.25) is 0 Å². The molecule has 1 aliphatic rings. The Hall–Kier alpha value is -3.02. The molecule has 0 saturated carbocycles. The maximum Gasteiger partial charge on any atom is 0.254 e. The lowest BCUT2D eigenvalue weighted by Gasteiger charge is -2.27. The van der Waals surface area contributed by atoms with E-state index in [1.807, 2.05) is 0 Å². The van der Waals surface area contributed by atoms with Crippen LogP contribution < -0.4 is 9.47 Å². The fourth-order valence-electron chi connectivity index (χ4n) is 3.50. The molecule has 3 aromatic rings. The van der Waals surface area contributed by atoms with Crippen LogP contribution in [0.1, 0.15) is 21.6 Å². The molecule has 1 aromatic heterocycles. The number of fused-ring (bicyclic) bond motifs is 3. The number of hydrogen-bond donors (Lipinski definition) is 1. The largest absolute Gasteiger partial charge is 0.497 e. The summed E-state index contributed by atoms with van der Waals surface area (Å²) in [5.41, 5.74) is 3.47. The SMILES string of the molecule is COc1cc(OC)cc(C(=O)N2CCc3c([nH]c4ccc(F)cc34)C2)c1. The summed E-state index contributed by atoms with van der Waals surface area (Å²) in [6.45, 7) is 1.04. The summed E-state index contributed by atoms with van der Waals surface area (Å²) in [6, 6.07) is 9.88. The predicted octanol–water partition coefficient (Wildman–Crippen LogP) is 3.52. The summed E-state index contributed by atoms with van der Waals surface area (Å²) in [5.74, 6) is 0.817. The number of benzene rings is 2. The third kappa shape index (κ3) is 2.77. The molecule has 1 aliphatic heterocycles. The van der Waals surface area contributed by atoms with E-state index < -0.39 is 0 Å². The van der Waals surface area contributed by atoms with Crippen LogP contribution in [-0.2, 0) is 13.0 Å². The van der Waals surface area contributed by atoms with Crippen LogP contribution in [-0.4, -0.2) is 36.6 Å². The number of halogens is 1. The molecule has 5 nitrogen and oxygen atoms in total. The van der Waals surface area contributed by atoms with Crippen molar-refractivity contribution in [2.75, 3.05) is 20.8 Å². The second-order valence-electron chi connectivity index (χ2n) is 6.35. The lowest BCUT2D eigenvalue weighted by molar-refractivity contribution is 0.0732. The van der Waals surface area contributed by atoms with Crippen LogP contribution in [0.5, 0.6) is 11.5 Å². The summed E-state index contributed by atoms with van der Waals surface area (Å²) >= 11 is 0. The van der Waals surface area contributed by atoms with Crippen molar-refractivity contribution in [1.82, 2.24) is 9.88 Å². The van der Waals surface area contributed by atoms with Crippen molar-refractivity contribution in [3.63, 3.8) is 0 Å². The van der Waals surface area contributed by atoms with Crippen LogP contribution in [0, 0.1) is 5.82 Å². The van der Waals surface area contributed by atoms with Crippen molar-refractivity contribution in [3.05, 3.63) is 59.0 Å². The molecule has 0 atom stereocenters. The first kappa shape index (κ1) is 16.4. The van der Waals surface area contributed by atoms with Crippen LogP contribution in [0.15, 0.2) is 36.4 Å². The first-order valence-corrected chi connectivity index (χ1v) is 8.40. The monoisotopic (exact) mass is 354 g/mol. The first-order chi connectivity index (χ1) is 12.6. The van der Waals surface area contributed by atoms with Gasteiger partial charge in [0.15, 0.2) is 0 Å². The normalized spacial score (nSPS) is 13.6. The van der Waals surface area contributed by atoms with E-state index in [1.54, 1.807) is 49.5 Å². The summed E-state index contributed by atoms with van der Waals surface area (Å²) in [4.78, 5) is 18.1. The van der Waals surface area contributed by atoms with Gasteiger partial charge in [0.1, 0.15) is 17.3 Å². The highest BCUT2D eigenvalue weighted by molar-refractivity contribution is 5.95. The average molecular weight is 354 g/mol. The molecule has 0 saturated heterocycles. The molecule has 4 rings (SSSR count). The smallest absolute Gasteiger partial charge is 0.254 e. The minimum Gasteiger partial charge on any atom is -0.497 e. The van der Waals surface area contributed by atoms with Gasteiger partial charge in [0.25, 0.3) is 5.91 Å². The Bertz CT molecular complexity index is 974. The number of methoxy groups -OCH3 is 2. The number of amides is 1. The van der Waals surface area contributed by atoms with Gasteiger partial charge in [-0.2, -0.15) is 0 Å². The van der Waals surface area contributed by atoms with E-state index in [0.717, 1.165) is 22.2 Å².